The van der Waals surface area contributed by atoms with E-state index in [9.17, 15) is 17.6 Å². The average molecular weight is 414 g/mol. The summed E-state index contributed by atoms with van der Waals surface area (Å²) in [6.45, 7) is 5.43. The van der Waals surface area contributed by atoms with Crippen LogP contribution in [0.15, 0.2) is 41.3 Å². The number of benzene rings is 2. The number of ether oxygens (including phenoxy) is 1. The zero-order chi connectivity index (χ0) is 20.2. The maximum absolute atomic E-state index is 13.8. The van der Waals surface area contributed by atoms with Crippen molar-refractivity contribution in [3.8, 4) is 0 Å². The van der Waals surface area contributed by atoms with E-state index in [-0.39, 0.29) is 27.7 Å². The SMILES string of the molecule is CCN(CC)S(=O)(=O)c1cc(C(=O)OCc2c(F)cccc2Cl)ccc1C. The molecule has 8 heteroatoms. The molecule has 0 saturated carbocycles. The van der Waals surface area contributed by atoms with E-state index in [1.807, 2.05) is 0 Å². The largest absolute Gasteiger partial charge is 0.457 e. The number of halogens is 2. The fourth-order valence-corrected chi connectivity index (χ4v) is 4.53. The van der Waals surface area contributed by atoms with Crippen LogP contribution in [0.3, 0.4) is 0 Å². The van der Waals surface area contributed by atoms with Crippen molar-refractivity contribution in [1.29, 1.82) is 0 Å². The Hall–Kier alpha value is -1.96. The number of carbonyl (C=O) groups excluding carboxylic acids is 1. The minimum absolute atomic E-state index is 0.0459. The van der Waals surface area contributed by atoms with Crippen LogP contribution in [0.2, 0.25) is 5.02 Å². The molecule has 0 aromatic heterocycles. The molecule has 0 N–H and O–H groups in total. The highest BCUT2D eigenvalue weighted by molar-refractivity contribution is 7.89. The molecule has 27 heavy (non-hydrogen) atoms. The van der Waals surface area contributed by atoms with Crippen molar-refractivity contribution in [2.45, 2.75) is 32.3 Å². The number of aryl methyl sites for hydroxylation is 1. The maximum Gasteiger partial charge on any atom is 0.338 e. The zero-order valence-electron chi connectivity index (χ0n) is 15.3. The molecule has 0 aliphatic carbocycles. The second-order valence-electron chi connectivity index (χ2n) is 5.85. The van der Waals surface area contributed by atoms with Crippen molar-refractivity contribution < 1.29 is 22.3 Å². The van der Waals surface area contributed by atoms with Crippen LogP contribution in [-0.4, -0.2) is 31.8 Å². The van der Waals surface area contributed by atoms with Gasteiger partial charge in [0.2, 0.25) is 10.0 Å². The van der Waals surface area contributed by atoms with Gasteiger partial charge in [0.1, 0.15) is 12.4 Å². The third-order valence-electron chi connectivity index (χ3n) is 4.16. The minimum Gasteiger partial charge on any atom is -0.457 e. The van der Waals surface area contributed by atoms with Crippen molar-refractivity contribution in [3.05, 3.63) is 63.9 Å². The summed E-state index contributed by atoms with van der Waals surface area (Å²) in [6, 6.07) is 8.47. The summed E-state index contributed by atoms with van der Waals surface area (Å²) in [4.78, 5) is 12.4. The van der Waals surface area contributed by atoms with Crippen molar-refractivity contribution in [2.24, 2.45) is 0 Å². The lowest BCUT2D eigenvalue weighted by molar-refractivity contribution is 0.0469. The summed E-state index contributed by atoms with van der Waals surface area (Å²) in [5.41, 5.74) is 0.657. The Balaban J connectivity index is 2.28. The van der Waals surface area contributed by atoms with Crippen molar-refractivity contribution in [2.75, 3.05) is 13.1 Å². The second kappa shape index (κ2) is 8.82. The molecule has 0 aliphatic heterocycles. The summed E-state index contributed by atoms with van der Waals surface area (Å²) < 4.78 is 45.7. The van der Waals surface area contributed by atoms with Gasteiger partial charge in [0.05, 0.1) is 15.5 Å². The van der Waals surface area contributed by atoms with Gasteiger partial charge < -0.3 is 4.74 Å². The quantitative estimate of drug-likeness (QED) is 0.639. The van der Waals surface area contributed by atoms with Crippen LogP contribution < -0.4 is 0 Å². The normalized spacial score (nSPS) is 11.6. The molecular weight excluding hydrogens is 393 g/mol. The monoisotopic (exact) mass is 413 g/mol. The summed E-state index contributed by atoms with van der Waals surface area (Å²) in [5, 5.41) is 0.150. The molecule has 2 aromatic rings. The summed E-state index contributed by atoms with van der Waals surface area (Å²) in [6.07, 6.45) is 0. The van der Waals surface area contributed by atoms with E-state index < -0.39 is 21.8 Å². The Morgan fingerprint density at radius 3 is 2.44 bits per heavy atom. The molecule has 5 nitrogen and oxygen atoms in total. The highest BCUT2D eigenvalue weighted by Crippen LogP contribution is 2.23. The van der Waals surface area contributed by atoms with E-state index in [1.165, 1.54) is 34.6 Å². The molecule has 0 heterocycles. The number of hydrogen-bond donors (Lipinski definition) is 0. The van der Waals surface area contributed by atoms with Gasteiger partial charge in [-0.2, -0.15) is 4.31 Å². The van der Waals surface area contributed by atoms with Gasteiger partial charge in [0.15, 0.2) is 0 Å². The molecule has 0 saturated heterocycles. The fourth-order valence-electron chi connectivity index (χ4n) is 2.60. The van der Waals surface area contributed by atoms with E-state index in [0.29, 0.717) is 18.7 Å². The molecule has 2 rings (SSSR count). The molecule has 2 aromatic carbocycles. The smallest absolute Gasteiger partial charge is 0.338 e. The average Bonchev–Trinajstić information content (AvgIpc) is 2.62. The number of sulfonamides is 1. The Morgan fingerprint density at radius 2 is 1.85 bits per heavy atom. The van der Waals surface area contributed by atoms with E-state index in [1.54, 1.807) is 26.8 Å². The number of nitrogens with zero attached hydrogens (tertiary/aromatic N) is 1. The maximum atomic E-state index is 13.8. The Kier molecular flexibility index (Phi) is 6.97. The van der Waals surface area contributed by atoms with Gasteiger partial charge in [0.25, 0.3) is 0 Å². The van der Waals surface area contributed by atoms with Gasteiger partial charge in [0, 0.05) is 18.7 Å². The first-order valence-electron chi connectivity index (χ1n) is 8.43. The highest BCUT2D eigenvalue weighted by Gasteiger charge is 2.25. The molecule has 0 amide bonds. The molecular formula is C19H21ClFNO4S. The lowest BCUT2D eigenvalue weighted by atomic mass is 10.1. The molecule has 146 valence electrons. The van der Waals surface area contributed by atoms with Crippen molar-refractivity contribution in [1.82, 2.24) is 4.31 Å². The summed E-state index contributed by atoms with van der Waals surface area (Å²) >= 11 is 5.92. The number of rotatable bonds is 7. The Morgan fingerprint density at radius 1 is 1.19 bits per heavy atom. The topological polar surface area (TPSA) is 63.7 Å². The second-order valence-corrected chi connectivity index (χ2v) is 8.16. The molecule has 0 fully saturated rings. The van der Waals surface area contributed by atoms with Crippen LogP contribution in [0, 0.1) is 12.7 Å². The molecule has 0 atom stereocenters. The van der Waals surface area contributed by atoms with Gasteiger partial charge >= 0.3 is 5.97 Å². The van der Waals surface area contributed by atoms with E-state index in [2.05, 4.69) is 0 Å². The third-order valence-corrected chi connectivity index (χ3v) is 6.70. The Bertz CT molecular complexity index is 922. The van der Waals surface area contributed by atoms with Crippen LogP contribution in [0.25, 0.3) is 0 Å². The third kappa shape index (κ3) is 4.66. The van der Waals surface area contributed by atoms with Crippen LogP contribution >= 0.6 is 11.6 Å². The number of carbonyl (C=O) groups is 1. The van der Waals surface area contributed by atoms with Gasteiger partial charge in [-0.25, -0.2) is 17.6 Å². The van der Waals surface area contributed by atoms with Crippen molar-refractivity contribution >= 4 is 27.6 Å². The lowest BCUT2D eigenvalue weighted by Gasteiger charge is -2.20. The molecule has 0 bridgehead atoms. The Labute approximate surface area is 163 Å². The first kappa shape index (κ1) is 21.3. The van der Waals surface area contributed by atoms with E-state index in [0.717, 1.165) is 0 Å². The fraction of sp³-hybridized carbons (Fsp3) is 0.316. The van der Waals surface area contributed by atoms with Gasteiger partial charge in [-0.15, -0.1) is 0 Å². The zero-order valence-corrected chi connectivity index (χ0v) is 16.9. The van der Waals surface area contributed by atoms with Gasteiger partial charge in [-0.05, 0) is 36.8 Å². The van der Waals surface area contributed by atoms with Crippen LogP contribution in [0.4, 0.5) is 4.39 Å². The lowest BCUT2D eigenvalue weighted by Crippen LogP contribution is -2.31. The minimum atomic E-state index is -3.72. The molecule has 0 unspecified atom stereocenters. The van der Waals surface area contributed by atoms with Gasteiger partial charge in [-0.3, -0.25) is 0 Å². The standard InChI is InChI=1S/C19H21ClFNO4S/c1-4-22(5-2)27(24,25)18-11-14(10-9-13(18)3)19(23)26-12-15-16(20)7-6-8-17(15)21/h6-11H,4-5,12H2,1-3H3. The predicted octanol–water partition coefficient (Wildman–Crippen LogP) is 4.18. The van der Waals surface area contributed by atoms with Crippen molar-refractivity contribution in [3.63, 3.8) is 0 Å². The molecule has 0 radical (unpaired) electrons. The summed E-state index contributed by atoms with van der Waals surface area (Å²) in [7, 11) is -3.72. The van der Waals surface area contributed by atoms with Crippen LogP contribution in [0.5, 0.6) is 0 Å². The van der Waals surface area contributed by atoms with E-state index in [4.69, 9.17) is 16.3 Å². The van der Waals surface area contributed by atoms with Crippen LogP contribution in [-0.2, 0) is 21.4 Å². The first-order valence-corrected chi connectivity index (χ1v) is 10.2. The first-order chi connectivity index (χ1) is 12.7. The molecule has 0 aliphatic rings. The van der Waals surface area contributed by atoms with Crippen LogP contribution in [0.1, 0.15) is 35.3 Å². The molecule has 0 spiro atoms. The van der Waals surface area contributed by atoms with E-state index >= 15 is 0 Å². The number of esters is 1. The highest BCUT2D eigenvalue weighted by atomic mass is 35.5. The number of hydrogen-bond acceptors (Lipinski definition) is 4. The van der Waals surface area contributed by atoms with Gasteiger partial charge in [-0.1, -0.05) is 37.6 Å². The summed E-state index contributed by atoms with van der Waals surface area (Å²) in [5.74, 6) is -1.34. The predicted molar refractivity (Wildman–Crippen MR) is 102 cm³/mol.